The second kappa shape index (κ2) is 9.94. The van der Waals surface area contributed by atoms with E-state index in [1.54, 1.807) is 28.2 Å². The lowest BCUT2D eigenvalue weighted by molar-refractivity contribution is -0.139. The van der Waals surface area contributed by atoms with Gasteiger partial charge < -0.3 is 24.0 Å². The third kappa shape index (κ3) is 5.63. The highest BCUT2D eigenvalue weighted by molar-refractivity contribution is 6.05. The van der Waals surface area contributed by atoms with Gasteiger partial charge in [0, 0.05) is 25.0 Å². The minimum Gasteiger partial charge on any atom is -0.465 e. The van der Waals surface area contributed by atoms with Crippen LogP contribution in [0.5, 0.6) is 0 Å². The zero-order valence-corrected chi connectivity index (χ0v) is 19.7. The van der Waals surface area contributed by atoms with E-state index < -0.39 is 17.5 Å². The smallest absolute Gasteiger partial charge is 0.410 e. The Bertz CT molecular complexity index is 1030. The molecule has 0 aromatic heterocycles. The lowest BCUT2D eigenvalue weighted by Crippen LogP contribution is -2.38. The zero-order valence-electron chi connectivity index (χ0n) is 19.7. The quantitative estimate of drug-likeness (QED) is 0.510. The third-order valence-electron chi connectivity index (χ3n) is 5.31. The second-order valence-corrected chi connectivity index (χ2v) is 8.74. The van der Waals surface area contributed by atoms with Gasteiger partial charge in [-0.15, -0.1) is 0 Å². The fraction of sp³-hybridized carbons (Fsp3) is 0.400. The molecule has 176 valence electrons. The number of carbonyl (C=O) groups is 3. The molecule has 1 aromatic carbocycles. The number of methoxy groups -OCH3 is 2. The van der Waals surface area contributed by atoms with Gasteiger partial charge in [-0.25, -0.2) is 14.4 Å². The molecule has 1 amide bonds. The van der Waals surface area contributed by atoms with Gasteiger partial charge in [-0.05, 0) is 69.0 Å². The number of fused-ring (bicyclic) bond motifs is 1. The van der Waals surface area contributed by atoms with Crippen LogP contribution in [0.1, 0.15) is 31.9 Å². The van der Waals surface area contributed by atoms with Crippen molar-refractivity contribution in [1.82, 2.24) is 4.90 Å². The summed E-state index contributed by atoms with van der Waals surface area (Å²) in [6, 6.07) is 5.85. The lowest BCUT2D eigenvalue weighted by Gasteiger charge is -2.26. The van der Waals surface area contributed by atoms with E-state index in [0.29, 0.717) is 31.6 Å². The summed E-state index contributed by atoms with van der Waals surface area (Å²) in [6.45, 7) is 6.64. The van der Waals surface area contributed by atoms with Crippen molar-refractivity contribution in [2.24, 2.45) is 0 Å². The van der Waals surface area contributed by atoms with Crippen molar-refractivity contribution in [2.45, 2.75) is 39.2 Å². The molecular formula is C25H30N2O6. The topological polar surface area (TPSA) is 85.4 Å². The van der Waals surface area contributed by atoms with Crippen molar-refractivity contribution in [3.05, 3.63) is 65.0 Å². The normalized spacial score (nSPS) is 16.0. The molecule has 33 heavy (non-hydrogen) atoms. The van der Waals surface area contributed by atoms with E-state index in [0.717, 1.165) is 11.1 Å². The predicted octanol–water partition coefficient (Wildman–Crippen LogP) is 3.51. The molecule has 2 aliphatic heterocycles. The van der Waals surface area contributed by atoms with Gasteiger partial charge in [0.25, 0.3) is 0 Å². The second-order valence-electron chi connectivity index (χ2n) is 8.74. The Labute approximate surface area is 194 Å². The van der Waals surface area contributed by atoms with Crippen LogP contribution in [0.4, 0.5) is 10.5 Å². The molecule has 8 heteroatoms. The molecule has 0 unspecified atom stereocenters. The van der Waals surface area contributed by atoms with Crippen molar-refractivity contribution in [3.8, 4) is 0 Å². The standard InChI is InChI=1S/C25H30N2O6/c1-25(2,3)33-24(30)26-14-11-17-9-10-19(16-18(17)12-15-26)27-13-7-6-8-20(22(28)31-4)21(27)23(29)32-5/h6-10,13,16H,11-12,14-15H2,1-5H3. The number of hydrogen-bond donors (Lipinski definition) is 0. The number of ether oxygens (including phenoxy) is 3. The predicted molar refractivity (Wildman–Crippen MR) is 123 cm³/mol. The number of hydrogen-bond acceptors (Lipinski definition) is 7. The molecule has 1 aromatic rings. The van der Waals surface area contributed by atoms with E-state index in [-0.39, 0.29) is 17.4 Å². The van der Waals surface area contributed by atoms with Gasteiger partial charge in [0.05, 0.1) is 19.8 Å². The Morgan fingerprint density at radius 2 is 1.58 bits per heavy atom. The third-order valence-corrected chi connectivity index (χ3v) is 5.31. The lowest BCUT2D eigenvalue weighted by atomic mass is 10.0. The number of anilines is 1. The van der Waals surface area contributed by atoms with Crippen LogP contribution in [0.2, 0.25) is 0 Å². The number of esters is 2. The van der Waals surface area contributed by atoms with Gasteiger partial charge in [0.1, 0.15) is 11.3 Å². The van der Waals surface area contributed by atoms with E-state index in [1.165, 1.54) is 20.3 Å². The first kappa shape index (κ1) is 24.1. The van der Waals surface area contributed by atoms with Crippen molar-refractivity contribution >= 4 is 23.7 Å². The summed E-state index contributed by atoms with van der Waals surface area (Å²) >= 11 is 0. The van der Waals surface area contributed by atoms with Crippen molar-refractivity contribution in [1.29, 1.82) is 0 Å². The van der Waals surface area contributed by atoms with Gasteiger partial charge >= 0.3 is 18.0 Å². The summed E-state index contributed by atoms with van der Waals surface area (Å²) in [6.07, 6.45) is 7.63. The first-order valence-electron chi connectivity index (χ1n) is 10.8. The molecule has 0 fully saturated rings. The van der Waals surface area contributed by atoms with Gasteiger partial charge in [-0.3, -0.25) is 0 Å². The Hall–Kier alpha value is -3.55. The summed E-state index contributed by atoms with van der Waals surface area (Å²) in [5, 5.41) is 0. The molecule has 2 aliphatic rings. The maximum Gasteiger partial charge on any atom is 0.410 e. The van der Waals surface area contributed by atoms with Crippen molar-refractivity contribution < 1.29 is 28.6 Å². The zero-order chi connectivity index (χ0) is 24.2. The summed E-state index contributed by atoms with van der Waals surface area (Å²) < 4.78 is 15.4. The van der Waals surface area contributed by atoms with Gasteiger partial charge in [0.15, 0.2) is 0 Å². The maximum absolute atomic E-state index is 12.7. The van der Waals surface area contributed by atoms with Crippen LogP contribution in [0.25, 0.3) is 0 Å². The molecule has 0 N–H and O–H groups in total. The summed E-state index contributed by atoms with van der Waals surface area (Å²) in [4.78, 5) is 40.9. The highest BCUT2D eigenvalue weighted by Crippen LogP contribution is 2.29. The largest absolute Gasteiger partial charge is 0.465 e. The summed E-state index contributed by atoms with van der Waals surface area (Å²) in [5.74, 6) is -1.29. The first-order valence-corrected chi connectivity index (χ1v) is 10.8. The number of benzene rings is 1. The summed E-state index contributed by atoms with van der Waals surface area (Å²) in [7, 11) is 2.53. The van der Waals surface area contributed by atoms with Crippen LogP contribution in [0.15, 0.2) is 53.9 Å². The molecule has 0 radical (unpaired) electrons. The van der Waals surface area contributed by atoms with Crippen LogP contribution in [-0.4, -0.2) is 55.8 Å². The monoisotopic (exact) mass is 454 g/mol. The van der Waals surface area contributed by atoms with E-state index in [4.69, 9.17) is 14.2 Å². The van der Waals surface area contributed by atoms with Crippen molar-refractivity contribution in [2.75, 3.05) is 32.2 Å². The van der Waals surface area contributed by atoms with E-state index >= 15 is 0 Å². The summed E-state index contributed by atoms with van der Waals surface area (Å²) in [5.41, 5.74) is 2.50. The SMILES string of the molecule is COC(=O)C1=C(C(=O)OC)N(c2ccc3c(c2)CCN(C(=O)OC(C)(C)C)CC3)C=CC=C1. The Morgan fingerprint density at radius 3 is 2.21 bits per heavy atom. The van der Waals surface area contributed by atoms with Crippen LogP contribution in [-0.2, 0) is 36.6 Å². The highest BCUT2D eigenvalue weighted by atomic mass is 16.6. The van der Waals surface area contributed by atoms with Crippen LogP contribution >= 0.6 is 0 Å². The van der Waals surface area contributed by atoms with E-state index in [9.17, 15) is 14.4 Å². The average Bonchev–Trinajstić information content (AvgIpc) is 3.13. The molecule has 0 atom stereocenters. The van der Waals surface area contributed by atoms with E-state index in [1.807, 2.05) is 39.0 Å². The average molecular weight is 455 g/mol. The minimum absolute atomic E-state index is 0.0679. The number of amides is 1. The van der Waals surface area contributed by atoms with E-state index in [2.05, 4.69) is 0 Å². The van der Waals surface area contributed by atoms with Gasteiger partial charge in [0.2, 0.25) is 0 Å². The molecule has 0 aliphatic carbocycles. The maximum atomic E-state index is 12.7. The molecule has 0 spiro atoms. The van der Waals surface area contributed by atoms with Crippen LogP contribution < -0.4 is 4.90 Å². The number of carbonyl (C=O) groups excluding carboxylic acids is 3. The Kier molecular flexibility index (Phi) is 7.26. The molecule has 0 saturated heterocycles. The number of rotatable bonds is 3. The molecule has 8 nitrogen and oxygen atoms in total. The molecule has 2 heterocycles. The number of allylic oxidation sites excluding steroid dienone is 2. The van der Waals surface area contributed by atoms with Crippen molar-refractivity contribution in [3.63, 3.8) is 0 Å². The first-order chi connectivity index (χ1) is 15.6. The molecule has 0 bridgehead atoms. The minimum atomic E-state index is -0.655. The fourth-order valence-electron chi connectivity index (χ4n) is 3.74. The van der Waals surface area contributed by atoms with Gasteiger partial charge in [-0.2, -0.15) is 0 Å². The highest BCUT2D eigenvalue weighted by Gasteiger charge is 2.29. The Morgan fingerprint density at radius 1 is 0.909 bits per heavy atom. The van der Waals surface area contributed by atoms with Crippen LogP contribution in [0.3, 0.4) is 0 Å². The fourth-order valence-corrected chi connectivity index (χ4v) is 3.74. The Balaban J connectivity index is 1.93. The number of nitrogens with zero attached hydrogens (tertiary/aromatic N) is 2. The molecule has 0 saturated carbocycles. The van der Waals surface area contributed by atoms with Crippen LogP contribution in [0, 0.1) is 0 Å². The molecule has 3 rings (SSSR count). The van der Waals surface area contributed by atoms with Gasteiger partial charge in [-0.1, -0.05) is 12.1 Å². The molecular weight excluding hydrogens is 424 g/mol.